The molecule has 0 fully saturated rings. The molecule has 1 aromatic carbocycles. The molecule has 1 N–H and O–H groups in total. The second-order valence-corrected chi connectivity index (χ2v) is 6.04. The zero-order chi connectivity index (χ0) is 12.8. The number of anilines is 1. The lowest BCUT2D eigenvalue weighted by Gasteiger charge is -2.19. The fourth-order valence-corrected chi connectivity index (χ4v) is 2.76. The maximum Gasteiger partial charge on any atom is 0.156 e. The first-order valence-electron chi connectivity index (χ1n) is 6.47. The van der Waals surface area contributed by atoms with Gasteiger partial charge in [-0.1, -0.05) is 36.9 Å². The first-order valence-corrected chi connectivity index (χ1v) is 7.35. The monoisotopic (exact) mass is 263 g/mol. The number of nitrogens with zero attached hydrogens (tertiary/aromatic N) is 2. The third-order valence-electron chi connectivity index (χ3n) is 2.95. The molecule has 1 aliphatic rings. The van der Waals surface area contributed by atoms with Gasteiger partial charge in [0.1, 0.15) is 0 Å². The number of hydrogen-bond acceptors (Lipinski definition) is 4. The van der Waals surface area contributed by atoms with Gasteiger partial charge in [0.2, 0.25) is 0 Å². The molecule has 1 aliphatic heterocycles. The predicted octanol–water partition coefficient (Wildman–Crippen LogP) is 2.59. The Kier molecular flexibility index (Phi) is 4.93. The van der Waals surface area contributed by atoms with Crippen molar-refractivity contribution in [2.75, 3.05) is 31.6 Å². The first kappa shape index (κ1) is 13.3. The predicted molar refractivity (Wildman–Crippen MR) is 81.7 cm³/mol. The van der Waals surface area contributed by atoms with Gasteiger partial charge in [0.15, 0.2) is 5.17 Å². The Morgan fingerprint density at radius 1 is 1.39 bits per heavy atom. The van der Waals surface area contributed by atoms with E-state index in [1.54, 1.807) is 0 Å². The van der Waals surface area contributed by atoms with Gasteiger partial charge in [0, 0.05) is 31.1 Å². The van der Waals surface area contributed by atoms with Crippen LogP contribution >= 0.6 is 11.8 Å². The number of para-hydroxylation sites is 1. The van der Waals surface area contributed by atoms with Crippen molar-refractivity contribution >= 4 is 22.6 Å². The maximum absolute atomic E-state index is 4.45. The van der Waals surface area contributed by atoms with E-state index < -0.39 is 0 Å². The summed E-state index contributed by atoms with van der Waals surface area (Å²) in [6.45, 7) is 5.23. The fraction of sp³-hybridized carbons (Fsp3) is 0.500. The largest absolute Gasteiger partial charge is 0.375 e. The summed E-state index contributed by atoms with van der Waals surface area (Å²) in [6.07, 6.45) is 1.12. The highest BCUT2D eigenvalue weighted by molar-refractivity contribution is 8.14. The second kappa shape index (κ2) is 6.69. The van der Waals surface area contributed by atoms with Gasteiger partial charge < -0.3 is 10.2 Å². The molecule has 3 nitrogen and oxygen atoms in total. The molecule has 0 saturated heterocycles. The maximum atomic E-state index is 4.45. The van der Waals surface area contributed by atoms with Gasteiger partial charge in [0.05, 0.1) is 6.54 Å². The van der Waals surface area contributed by atoms with Gasteiger partial charge in [-0.25, -0.2) is 0 Å². The summed E-state index contributed by atoms with van der Waals surface area (Å²) in [4.78, 5) is 6.73. The molecule has 0 aliphatic carbocycles. The quantitative estimate of drug-likeness (QED) is 0.828. The molecule has 1 heterocycles. The van der Waals surface area contributed by atoms with Crippen molar-refractivity contribution in [2.24, 2.45) is 4.99 Å². The number of thioether (sulfide) groups is 1. The molecule has 0 bridgehead atoms. The second-order valence-electron chi connectivity index (χ2n) is 4.61. The minimum Gasteiger partial charge on any atom is -0.375 e. The van der Waals surface area contributed by atoms with Crippen molar-refractivity contribution in [2.45, 2.75) is 18.6 Å². The van der Waals surface area contributed by atoms with E-state index in [0.717, 1.165) is 31.2 Å². The summed E-state index contributed by atoms with van der Waals surface area (Å²) < 4.78 is 0. The lowest BCUT2D eigenvalue weighted by Crippen LogP contribution is -2.26. The third-order valence-corrected chi connectivity index (χ3v) is 4.00. The van der Waals surface area contributed by atoms with Crippen LogP contribution in [0.4, 0.5) is 5.69 Å². The number of rotatable bonds is 5. The summed E-state index contributed by atoms with van der Waals surface area (Å²) in [5, 5.41) is 5.16. The number of aliphatic imine (C=N–C) groups is 1. The average molecular weight is 263 g/mol. The van der Waals surface area contributed by atoms with Crippen molar-refractivity contribution < 1.29 is 0 Å². The Balaban J connectivity index is 1.64. The lowest BCUT2D eigenvalue weighted by molar-refractivity contribution is 0.755. The van der Waals surface area contributed by atoms with E-state index in [-0.39, 0.29) is 0 Å². The summed E-state index contributed by atoms with van der Waals surface area (Å²) in [5.41, 5.74) is 1.28. The fourth-order valence-electron chi connectivity index (χ4n) is 1.90. The molecule has 0 saturated carbocycles. The van der Waals surface area contributed by atoms with Crippen LogP contribution in [0, 0.1) is 0 Å². The Morgan fingerprint density at radius 3 is 2.83 bits per heavy atom. The Bertz CT molecular complexity index is 391. The van der Waals surface area contributed by atoms with Crippen LogP contribution in [-0.4, -0.2) is 37.1 Å². The zero-order valence-corrected chi connectivity index (χ0v) is 11.9. The molecule has 18 heavy (non-hydrogen) atoms. The van der Waals surface area contributed by atoms with Crippen LogP contribution in [0.1, 0.15) is 13.3 Å². The number of benzene rings is 1. The molecular weight excluding hydrogens is 242 g/mol. The number of nitrogens with one attached hydrogen (secondary N) is 1. The van der Waals surface area contributed by atoms with E-state index >= 15 is 0 Å². The highest BCUT2D eigenvalue weighted by Gasteiger charge is 2.13. The molecule has 1 aromatic rings. The summed E-state index contributed by atoms with van der Waals surface area (Å²) in [5.74, 6) is 0. The van der Waals surface area contributed by atoms with Crippen LogP contribution in [0.3, 0.4) is 0 Å². The Labute approximate surface area is 114 Å². The van der Waals surface area contributed by atoms with Crippen molar-refractivity contribution in [3.8, 4) is 0 Å². The molecule has 1 unspecified atom stereocenters. The minimum absolute atomic E-state index is 0.638. The molecule has 1 atom stereocenters. The van der Waals surface area contributed by atoms with Gasteiger partial charge in [-0.3, -0.25) is 4.99 Å². The Morgan fingerprint density at radius 2 is 2.17 bits per heavy atom. The van der Waals surface area contributed by atoms with E-state index in [1.165, 1.54) is 5.69 Å². The number of hydrogen-bond donors (Lipinski definition) is 1. The summed E-state index contributed by atoms with van der Waals surface area (Å²) in [6, 6.07) is 10.5. The highest BCUT2D eigenvalue weighted by atomic mass is 32.2. The molecule has 0 amide bonds. The smallest absolute Gasteiger partial charge is 0.156 e. The number of amidine groups is 1. The van der Waals surface area contributed by atoms with E-state index in [1.807, 2.05) is 11.8 Å². The molecule has 0 radical (unpaired) electrons. The first-order chi connectivity index (χ1) is 8.75. The van der Waals surface area contributed by atoms with Gasteiger partial charge in [-0.2, -0.15) is 0 Å². The van der Waals surface area contributed by atoms with Crippen LogP contribution in [0.5, 0.6) is 0 Å². The van der Waals surface area contributed by atoms with Crippen molar-refractivity contribution in [3.05, 3.63) is 30.3 Å². The van der Waals surface area contributed by atoms with Crippen molar-refractivity contribution in [1.82, 2.24) is 5.32 Å². The molecule has 0 aromatic heterocycles. The minimum atomic E-state index is 0.638. The van der Waals surface area contributed by atoms with E-state index in [4.69, 9.17) is 0 Å². The van der Waals surface area contributed by atoms with E-state index in [9.17, 15) is 0 Å². The SMILES string of the molecule is CC1CN=C(NCCCN(C)c2ccccc2)S1. The third kappa shape index (κ3) is 3.95. The van der Waals surface area contributed by atoms with E-state index in [2.05, 4.69) is 59.5 Å². The summed E-state index contributed by atoms with van der Waals surface area (Å²) in [7, 11) is 2.14. The van der Waals surface area contributed by atoms with Gasteiger partial charge >= 0.3 is 0 Å². The molecule has 2 rings (SSSR count). The topological polar surface area (TPSA) is 27.6 Å². The molecule has 4 heteroatoms. The average Bonchev–Trinajstić information content (AvgIpc) is 2.81. The van der Waals surface area contributed by atoms with Gasteiger partial charge in [-0.15, -0.1) is 0 Å². The zero-order valence-electron chi connectivity index (χ0n) is 11.1. The van der Waals surface area contributed by atoms with Crippen LogP contribution in [-0.2, 0) is 0 Å². The Hall–Kier alpha value is -1.16. The van der Waals surface area contributed by atoms with Crippen LogP contribution in [0.25, 0.3) is 0 Å². The highest BCUT2D eigenvalue weighted by Crippen LogP contribution is 2.18. The molecular formula is C14H21N3S. The summed E-state index contributed by atoms with van der Waals surface area (Å²) >= 11 is 1.85. The normalized spacial score (nSPS) is 18.6. The standard InChI is InChI=1S/C14H21N3S/c1-12-11-16-14(18-12)15-9-6-10-17(2)13-7-4-3-5-8-13/h3-5,7-8,12H,6,9-11H2,1-2H3,(H,15,16). The lowest BCUT2D eigenvalue weighted by atomic mass is 10.3. The van der Waals surface area contributed by atoms with Crippen molar-refractivity contribution in [3.63, 3.8) is 0 Å². The van der Waals surface area contributed by atoms with Crippen LogP contribution in [0.15, 0.2) is 35.3 Å². The van der Waals surface area contributed by atoms with E-state index in [0.29, 0.717) is 5.25 Å². The van der Waals surface area contributed by atoms with Crippen molar-refractivity contribution in [1.29, 1.82) is 0 Å². The van der Waals surface area contributed by atoms with Crippen LogP contribution < -0.4 is 10.2 Å². The molecule has 0 spiro atoms. The van der Waals surface area contributed by atoms with Gasteiger partial charge in [0.25, 0.3) is 0 Å². The van der Waals surface area contributed by atoms with Crippen LogP contribution in [0.2, 0.25) is 0 Å². The molecule has 98 valence electrons. The van der Waals surface area contributed by atoms with Gasteiger partial charge in [-0.05, 0) is 18.6 Å².